The molecular weight excluding hydrogens is 340 g/mol. The third kappa shape index (κ3) is 4.86. The van der Waals surface area contributed by atoms with Gasteiger partial charge in [-0.3, -0.25) is 0 Å². The zero-order valence-corrected chi connectivity index (χ0v) is 16.0. The highest BCUT2D eigenvalue weighted by Crippen LogP contribution is 2.19. The van der Waals surface area contributed by atoms with E-state index in [2.05, 4.69) is 5.32 Å². The molecule has 2 saturated heterocycles. The molecule has 3 fully saturated rings. The molecule has 8 heteroatoms. The molecule has 25 heavy (non-hydrogen) atoms. The van der Waals surface area contributed by atoms with Gasteiger partial charge in [0.15, 0.2) is 0 Å². The van der Waals surface area contributed by atoms with E-state index in [9.17, 15) is 13.2 Å². The van der Waals surface area contributed by atoms with Crippen molar-refractivity contribution in [1.82, 2.24) is 18.8 Å². The molecular formula is C17H32N4O3S. The van der Waals surface area contributed by atoms with Crippen molar-refractivity contribution in [3.05, 3.63) is 0 Å². The molecule has 0 spiro atoms. The van der Waals surface area contributed by atoms with E-state index in [4.69, 9.17) is 0 Å². The van der Waals surface area contributed by atoms with Crippen LogP contribution in [-0.4, -0.2) is 73.3 Å². The molecule has 0 bridgehead atoms. The van der Waals surface area contributed by atoms with Crippen LogP contribution in [0.3, 0.4) is 0 Å². The van der Waals surface area contributed by atoms with Crippen LogP contribution in [0.15, 0.2) is 0 Å². The third-order valence-electron chi connectivity index (χ3n) is 5.68. The molecule has 1 saturated carbocycles. The molecule has 2 heterocycles. The molecule has 144 valence electrons. The first-order chi connectivity index (χ1) is 12.1. The van der Waals surface area contributed by atoms with E-state index >= 15 is 0 Å². The van der Waals surface area contributed by atoms with E-state index in [1.165, 1.54) is 19.3 Å². The van der Waals surface area contributed by atoms with Gasteiger partial charge in [-0.2, -0.15) is 17.0 Å². The fourth-order valence-corrected chi connectivity index (χ4v) is 5.74. The monoisotopic (exact) mass is 372 g/mol. The van der Waals surface area contributed by atoms with Gasteiger partial charge < -0.3 is 10.2 Å². The minimum atomic E-state index is -3.38. The Morgan fingerprint density at radius 2 is 1.24 bits per heavy atom. The van der Waals surface area contributed by atoms with E-state index in [0.29, 0.717) is 45.3 Å². The van der Waals surface area contributed by atoms with Gasteiger partial charge in [-0.1, -0.05) is 32.1 Å². The summed E-state index contributed by atoms with van der Waals surface area (Å²) in [6.45, 7) is 3.01. The van der Waals surface area contributed by atoms with Crippen LogP contribution in [0.2, 0.25) is 0 Å². The Bertz CT molecular complexity index is 532. The molecule has 0 radical (unpaired) electrons. The number of carbonyl (C=O) groups is 1. The molecule has 3 aliphatic rings. The zero-order chi connectivity index (χ0) is 17.7. The number of carbonyl (C=O) groups excluding carboxylic acids is 1. The molecule has 3 rings (SSSR count). The van der Waals surface area contributed by atoms with Crippen molar-refractivity contribution in [2.24, 2.45) is 0 Å². The van der Waals surface area contributed by atoms with E-state index in [1.807, 2.05) is 0 Å². The summed E-state index contributed by atoms with van der Waals surface area (Å²) in [5, 5.41) is 3.12. The Morgan fingerprint density at radius 1 is 0.720 bits per heavy atom. The molecule has 0 unspecified atom stereocenters. The van der Waals surface area contributed by atoms with E-state index in [0.717, 1.165) is 38.5 Å². The maximum atomic E-state index is 12.8. The summed E-state index contributed by atoms with van der Waals surface area (Å²) in [4.78, 5) is 14.2. The summed E-state index contributed by atoms with van der Waals surface area (Å²) in [5.74, 6) is 0. The lowest BCUT2D eigenvalue weighted by Gasteiger charge is -2.37. The Morgan fingerprint density at radius 3 is 1.84 bits per heavy atom. The number of nitrogens with one attached hydrogen (secondary N) is 1. The Kier molecular flexibility index (Phi) is 6.57. The van der Waals surface area contributed by atoms with Crippen LogP contribution in [0, 0.1) is 0 Å². The van der Waals surface area contributed by atoms with Gasteiger partial charge >= 0.3 is 6.03 Å². The number of hydrogen-bond acceptors (Lipinski definition) is 3. The van der Waals surface area contributed by atoms with Gasteiger partial charge in [-0.25, -0.2) is 4.79 Å². The minimum absolute atomic E-state index is 0.0290. The lowest BCUT2D eigenvalue weighted by molar-refractivity contribution is 0.163. The standard InChI is InChI=1S/C17H32N4O3S/c22-17(18-16-8-4-3-5-9-16)19-12-14-21(15-13-19)25(23,24)20-10-6-1-2-7-11-20/h16H,1-15H2,(H,18,22). The van der Waals surface area contributed by atoms with Crippen molar-refractivity contribution in [1.29, 1.82) is 0 Å². The molecule has 7 nitrogen and oxygen atoms in total. The Hall–Kier alpha value is -0.860. The van der Waals surface area contributed by atoms with Crippen LogP contribution < -0.4 is 5.32 Å². The number of hydrogen-bond donors (Lipinski definition) is 1. The van der Waals surface area contributed by atoms with Crippen molar-refractivity contribution in [2.45, 2.75) is 63.8 Å². The highest BCUT2D eigenvalue weighted by molar-refractivity contribution is 7.86. The first-order valence-corrected chi connectivity index (χ1v) is 11.3. The van der Waals surface area contributed by atoms with Gasteiger partial charge in [0.25, 0.3) is 10.2 Å². The lowest BCUT2D eigenvalue weighted by Crippen LogP contribution is -2.56. The number of piperazine rings is 1. The van der Waals surface area contributed by atoms with Crippen LogP contribution in [-0.2, 0) is 10.2 Å². The SMILES string of the molecule is O=C(NC1CCCCC1)N1CCN(S(=O)(=O)N2CCCCCC2)CC1. The summed E-state index contributed by atoms with van der Waals surface area (Å²) >= 11 is 0. The average Bonchev–Trinajstić information content (AvgIpc) is 2.93. The summed E-state index contributed by atoms with van der Waals surface area (Å²) in [6.07, 6.45) is 9.89. The minimum Gasteiger partial charge on any atom is -0.335 e. The quantitative estimate of drug-likeness (QED) is 0.820. The summed E-state index contributed by atoms with van der Waals surface area (Å²) in [7, 11) is -3.38. The van der Waals surface area contributed by atoms with E-state index in [-0.39, 0.29) is 6.03 Å². The predicted octanol–water partition coefficient (Wildman–Crippen LogP) is 1.77. The molecule has 2 amide bonds. The molecule has 1 N–H and O–H groups in total. The zero-order valence-electron chi connectivity index (χ0n) is 15.2. The number of urea groups is 1. The van der Waals surface area contributed by atoms with E-state index < -0.39 is 10.2 Å². The fraction of sp³-hybridized carbons (Fsp3) is 0.941. The highest BCUT2D eigenvalue weighted by Gasteiger charge is 2.33. The molecule has 0 aromatic rings. The molecule has 0 aromatic carbocycles. The van der Waals surface area contributed by atoms with Crippen LogP contribution in [0.25, 0.3) is 0 Å². The second-order valence-corrected chi connectivity index (χ2v) is 9.42. The maximum Gasteiger partial charge on any atom is 0.317 e. The van der Waals surface area contributed by atoms with Crippen LogP contribution >= 0.6 is 0 Å². The second-order valence-electron chi connectivity index (χ2n) is 7.49. The number of amides is 2. The molecule has 0 atom stereocenters. The topological polar surface area (TPSA) is 73.0 Å². The maximum absolute atomic E-state index is 12.8. The van der Waals surface area contributed by atoms with Crippen molar-refractivity contribution in [3.63, 3.8) is 0 Å². The second kappa shape index (κ2) is 8.68. The first-order valence-electron chi connectivity index (χ1n) is 9.88. The number of rotatable bonds is 3. The average molecular weight is 373 g/mol. The van der Waals surface area contributed by atoms with Gasteiger partial charge in [0, 0.05) is 45.3 Å². The van der Waals surface area contributed by atoms with Crippen LogP contribution in [0.1, 0.15) is 57.8 Å². The Balaban J connectivity index is 1.49. The summed E-state index contributed by atoms with van der Waals surface area (Å²) in [6, 6.07) is 0.263. The van der Waals surface area contributed by atoms with Gasteiger partial charge in [0.1, 0.15) is 0 Å². The summed E-state index contributed by atoms with van der Waals surface area (Å²) in [5.41, 5.74) is 0. The molecule has 0 aromatic heterocycles. The smallest absolute Gasteiger partial charge is 0.317 e. The van der Waals surface area contributed by atoms with Crippen molar-refractivity contribution < 1.29 is 13.2 Å². The van der Waals surface area contributed by atoms with Crippen molar-refractivity contribution in [3.8, 4) is 0 Å². The molecule has 2 aliphatic heterocycles. The fourth-order valence-electron chi connectivity index (χ4n) is 4.07. The van der Waals surface area contributed by atoms with Gasteiger partial charge in [0.05, 0.1) is 0 Å². The predicted molar refractivity (Wildman–Crippen MR) is 97.5 cm³/mol. The lowest BCUT2D eigenvalue weighted by atomic mass is 9.96. The van der Waals surface area contributed by atoms with Crippen molar-refractivity contribution >= 4 is 16.2 Å². The van der Waals surface area contributed by atoms with Crippen molar-refractivity contribution in [2.75, 3.05) is 39.3 Å². The molecule has 1 aliphatic carbocycles. The van der Waals surface area contributed by atoms with Gasteiger partial charge in [-0.15, -0.1) is 0 Å². The van der Waals surface area contributed by atoms with E-state index in [1.54, 1.807) is 13.5 Å². The summed E-state index contributed by atoms with van der Waals surface area (Å²) < 4.78 is 28.8. The highest BCUT2D eigenvalue weighted by atomic mass is 32.2. The van der Waals surface area contributed by atoms with Gasteiger partial charge in [0.2, 0.25) is 0 Å². The number of nitrogens with zero attached hydrogens (tertiary/aromatic N) is 3. The van der Waals surface area contributed by atoms with Gasteiger partial charge in [-0.05, 0) is 25.7 Å². The Labute approximate surface area is 151 Å². The first kappa shape index (κ1) is 18.9. The largest absolute Gasteiger partial charge is 0.335 e. The normalized spacial score (nSPS) is 25.5. The third-order valence-corrected chi connectivity index (χ3v) is 7.71. The van der Waals surface area contributed by atoms with Crippen LogP contribution in [0.4, 0.5) is 4.79 Å². The van der Waals surface area contributed by atoms with Crippen LogP contribution in [0.5, 0.6) is 0 Å².